The van der Waals surface area contributed by atoms with E-state index in [0.717, 1.165) is 11.4 Å². The van der Waals surface area contributed by atoms with Gasteiger partial charge in [-0.1, -0.05) is 12.1 Å². The fraction of sp³-hybridized carbons (Fsp3) is 0.188. The maximum Gasteiger partial charge on any atom is 0.324 e. The van der Waals surface area contributed by atoms with Gasteiger partial charge >= 0.3 is 6.03 Å². The highest BCUT2D eigenvalue weighted by Gasteiger charge is 2.10. The van der Waals surface area contributed by atoms with Gasteiger partial charge in [0.25, 0.3) is 0 Å². The second-order valence-electron chi connectivity index (χ2n) is 5.13. The van der Waals surface area contributed by atoms with Crippen molar-refractivity contribution in [2.75, 3.05) is 10.6 Å². The molecule has 1 atom stereocenters. The number of benzene rings is 1. The summed E-state index contributed by atoms with van der Waals surface area (Å²) in [5, 5.41) is 5.31. The van der Waals surface area contributed by atoms with E-state index in [-0.39, 0.29) is 12.1 Å². The summed E-state index contributed by atoms with van der Waals surface area (Å²) in [7, 11) is 0. The summed E-state index contributed by atoms with van der Waals surface area (Å²) in [4.78, 5) is 19.9. The molecule has 0 aliphatic rings. The average molecular weight is 311 g/mol. The zero-order valence-corrected chi connectivity index (χ0v) is 12.9. The Bertz CT molecular complexity index is 777. The topological polar surface area (TPSA) is 85.0 Å². The molecule has 23 heavy (non-hydrogen) atoms. The molecule has 0 saturated carbocycles. The molecule has 0 fully saturated rings. The summed E-state index contributed by atoms with van der Waals surface area (Å²) < 4.78 is 6.89. The number of nitrogens with one attached hydrogen (secondary N) is 2. The minimum atomic E-state index is -0.370. The molecule has 0 spiro atoms. The molecule has 1 aromatic carbocycles. The van der Waals surface area contributed by atoms with Crippen LogP contribution in [0.3, 0.4) is 0 Å². The molecule has 0 aliphatic heterocycles. The molecule has 0 saturated heterocycles. The molecule has 0 unspecified atom stereocenters. The van der Waals surface area contributed by atoms with Gasteiger partial charge in [0.1, 0.15) is 12.1 Å². The number of oxazole rings is 1. The highest BCUT2D eigenvalue weighted by molar-refractivity contribution is 5.98. The van der Waals surface area contributed by atoms with Crippen LogP contribution in [0.15, 0.2) is 53.7 Å². The molecular weight excluding hydrogens is 294 g/mol. The third kappa shape index (κ3) is 3.39. The van der Waals surface area contributed by atoms with Gasteiger partial charge < -0.3 is 14.3 Å². The first-order valence-electron chi connectivity index (χ1n) is 7.19. The summed E-state index contributed by atoms with van der Waals surface area (Å²) in [5.74, 6) is 1.33. The van der Waals surface area contributed by atoms with E-state index >= 15 is 0 Å². The van der Waals surface area contributed by atoms with Gasteiger partial charge in [0.2, 0.25) is 0 Å². The van der Waals surface area contributed by atoms with Crippen molar-refractivity contribution >= 4 is 17.5 Å². The fourth-order valence-electron chi connectivity index (χ4n) is 2.36. The van der Waals surface area contributed by atoms with Crippen molar-refractivity contribution < 1.29 is 9.21 Å². The number of imidazole rings is 1. The van der Waals surface area contributed by atoms with Crippen molar-refractivity contribution in [3.8, 4) is 0 Å². The lowest BCUT2D eigenvalue weighted by atomic mass is 10.1. The van der Waals surface area contributed by atoms with Crippen LogP contribution < -0.4 is 10.6 Å². The third-order valence-corrected chi connectivity index (χ3v) is 3.60. The zero-order valence-electron chi connectivity index (χ0n) is 12.9. The number of urea groups is 1. The number of carbonyl (C=O) groups is 1. The predicted molar refractivity (Wildman–Crippen MR) is 86.4 cm³/mol. The maximum absolute atomic E-state index is 11.8. The number of rotatable bonds is 4. The summed E-state index contributed by atoms with van der Waals surface area (Å²) in [6.07, 6.45) is 6.36. The minimum absolute atomic E-state index is 0.176. The van der Waals surface area contributed by atoms with Gasteiger partial charge in [0, 0.05) is 18.1 Å². The van der Waals surface area contributed by atoms with E-state index in [1.807, 2.05) is 37.4 Å². The molecule has 7 heteroatoms. The number of aryl methyl sites for hydroxylation is 1. The van der Waals surface area contributed by atoms with E-state index in [2.05, 4.69) is 32.1 Å². The third-order valence-electron chi connectivity index (χ3n) is 3.60. The Labute approximate surface area is 133 Å². The number of hydrogen-bond acceptors (Lipinski definition) is 4. The van der Waals surface area contributed by atoms with E-state index in [1.165, 1.54) is 12.7 Å². The SMILES string of the molecule is Cc1nccn1[C@@H](C)c1ccc(NC(=O)Nc2cocn2)cc1. The number of aromatic nitrogens is 3. The van der Waals surface area contributed by atoms with Crippen LogP contribution in [-0.4, -0.2) is 20.6 Å². The standard InChI is InChI=1S/C16H17N5O2/c1-11(21-8-7-17-12(21)2)13-3-5-14(6-4-13)19-16(22)20-15-9-23-10-18-15/h3-11H,1-2H3,(H2,19,20,22)/t11-/m0/s1. The first-order chi connectivity index (χ1) is 11.1. The van der Waals surface area contributed by atoms with Crippen molar-refractivity contribution in [3.63, 3.8) is 0 Å². The van der Waals surface area contributed by atoms with E-state index < -0.39 is 0 Å². The maximum atomic E-state index is 11.8. The zero-order chi connectivity index (χ0) is 16.2. The number of nitrogens with zero attached hydrogens (tertiary/aromatic N) is 3. The monoisotopic (exact) mass is 311 g/mol. The van der Waals surface area contributed by atoms with Gasteiger partial charge in [-0.15, -0.1) is 0 Å². The molecule has 0 radical (unpaired) electrons. The largest absolute Gasteiger partial charge is 0.449 e. The van der Waals surface area contributed by atoms with Gasteiger partial charge in [-0.3, -0.25) is 5.32 Å². The Kier molecular flexibility index (Phi) is 4.09. The Balaban J connectivity index is 1.65. The lowest BCUT2D eigenvalue weighted by Gasteiger charge is -2.16. The van der Waals surface area contributed by atoms with Gasteiger partial charge in [-0.2, -0.15) is 4.98 Å². The van der Waals surface area contributed by atoms with E-state index in [9.17, 15) is 4.79 Å². The van der Waals surface area contributed by atoms with E-state index in [4.69, 9.17) is 4.42 Å². The van der Waals surface area contributed by atoms with Crippen LogP contribution in [0.25, 0.3) is 0 Å². The van der Waals surface area contributed by atoms with Crippen molar-refractivity contribution in [1.29, 1.82) is 0 Å². The second kappa shape index (κ2) is 6.35. The van der Waals surface area contributed by atoms with Crippen molar-refractivity contribution in [3.05, 3.63) is 60.7 Å². The molecular formula is C16H17N5O2. The van der Waals surface area contributed by atoms with Crippen LogP contribution in [0.2, 0.25) is 0 Å². The van der Waals surface area contributed by atoms with Crippen molar-refractivity contribution in [1.82, 2.24) is 14.5 Å². The van der Waals surface area contributed by atoms with Crippen LogP contribution >= 0.6 is 0 Å². The normalized spacial score (nSPS) is 11.9. The number of hydrogen-bond donors (Lipinski definition) is 2. The average Bonchev–Trinajstić information content (AvgIpc) is 3.19. The molecule has 3 aromatic rings. The Morgan fingerprint density at radius 1 is 1.22 bits per heavy atom. The Morgan fingerprint density at radius 2 is 2.00 bits per heavy atom. The summed E-state index contributed by atoms with van der Waals surface area (Å²) >= 11 is 0. The molecule has 2 heterocycles. The molecule has 7 nitrogen and oxygen atoms in total. The highest BCUT2D eigenvalue weighted by atomic mass is 16.3. The number of amides is 2. The Hall–Kier alpha value is -3.09. The quantitative estimate of drug-likeness (QED) is 0.773. The Morgan fingerprint density at radius 3 is 2.61 bits per heavy atom. The molecule has 2 amide bonds. The number of carbonyl (C=O) groups excluding carboxylic acids is 1. The molecule has 3 rings (SSSR count). The van der Waals surface area contributed by atoms with E-state index in [1.54, 1.807) is 6.20 Å². The molecule has 118 valence electrons. The molecule has 0 aliphatic carbocycles. The second-order valence-corrected chi connectivity index (χ2v) is 5.13. The van der Waals surface area contributed by atoms with Crippen LogP contribution in [0.1, 0.15) is 24.4 Å². The van der Waals surface area contributed by atoms with Crippen LogP contribution in [0.5, 0.6) is 0 Å². The fourth-order valence-corrected chi connectivity index (χ4v) is 2.36. The van der Waals surface area contributed by atoms with Gasteiger partial charge in [-0.05, 0) is 31.5 Å². The summed E-state index contributed by atoms with van der Waals surface area (Å²) in [6, 6.07) is 7.49. The lowest BCUT2D eigenvalue weighted by Crippen LogP contribution is -2.19. The first-order valence-corrected chi connectivity index (χ1v) is 7.19. The lowest BCUT2D eigenvalue weighted by molar-refractivity contribution is 0.262. The minimum Gasteiger partial charge on any atom is -0.449 e. The van der Waals surface area contributed by atoms with Crippen LogP contribution in [0, 0.1) is 6.92 Å². The predicted octanol–water partition coefficient (Wildman–Crippen LogP) is 3.43. The summed E-state index contributed by atoms with van der Waals surface area (Å²) in [5.41, 5.74) is 1.83. The summed E-state index contributed by atoms with van der Waals surface area (Å²) in [6.45, 7) is 4.08. The van der Waals surface area contributed by atoms with Crippen molar-refractivity contribution in [2.24, 2.45) is 0 Å². The number of anilines is 2. The highest BCUT2D eigenvalue weighted by Crippen LogP contribution is 2.21. The van der Waals surface area contributed by atoms with Gasteiger partial charge in [-0.25, -0.2) is 9.78 Å². The van der Waals surface area contributed by atoms with E-state index in [0.29, 0.717) is 11.5 Å². The molecule has 2 N–H and O–H groups in total. The van der Waals surface area contributed by atoms with Gasteiger partial charge in [0.15, 0.2) is 12.2 Å². The first kappa shape index (κ1) is 14.8. The smallest absolute Gasteiger partial charge is 0.324 e. The molecule has 0 bridgehead atoms. The molecule has 2 aromatic heterocycles. The van der Waals surface area contributed by atoms with Crippen LogP contribution in [-0.2, 0) is 0 Å². The van der Waals surface area contributed by atoms with Gasteiger partial charge in [0.05, 0.1) is 6.04 Å². The van der Waals surface area contributed by atoms with Crippen molar-refractivity contribution in [2.45, 2.75) is 19.9 Å². The van der Waals surface area contributed by atoms with Crippen LogP contribution in [0.4, 0.5) is 16.3 Å².